The Morgan fingerprint density at radius 3 is 2.74 bits per heavy atom. The van der Waals surface area contributed by atoms with Crippen molar-refractivity contribution in [2.45, 2.75) is 83.9 Å². The highest BCUT2D eigenvalue weighted by Crippen LogP contribution is 2.31. The first kappa shape index (κ1) is 25.5. The Balaban J connectivity index is 1.49. The summed E-state index contributed by atoms with van der Waals surface area (Å²) in [5, 5.41) is 19.0. The summed E-state index contributed by atoms with van der Waals surface area (Å²) in [5.74, 6) is -0.0408. The summed E-state index contributed by atoms with van der Waals surface area (Å²) < 4.78 is 18.9. The summed E-state index contributed by atoms with van der Waals surface area (Å²) in [6, 6.07) is 3.93. The lowest BCUT2D eigenvalue weighted by Gasteiger charge is -2.37. The molecule has 0 aliphatic carbocycles. The molecule has 10 nitrogen and oxygen atoms in total. The van der Waals surface area contributed by atoms with Crippen LogP contribution in [0.2, 0.25) is 0 Å². The largest absolute Gasteiger partial charge is 0.444 e. The normalized spacial score (nSPS) is 23.4. The number of pyridine rings is 1. The van der Waals surface area contributed by atoms with E-state index in [1.165, 1.54) is 0 Å². The highest BCUT2D eigenvalue weighted by atomic mass is 16.7. The summed E-state index contributed by atoms with van der Waals surface area (Å²) in [5.41, 5.74) is 3.47. The summed E-state index contributed by atoms with van der Waals surface area (Å²) in [7, 11) is 1.84. The average Bonchev–Trinajstić information content (AvgIpc) is 3.17. The number of carbonyl (C=O) groups excluding carboxylic acids is 1. The molecule has 0 spiro atoms. The number of β-amino-alcohol motifs (C(OH)–C–C–N with tert-alkyl or cyclic N) is 1. The van der Waals surface area contributed by atoms with E-state index in [1.54, 1.807) is 9.58 Å². The van der Waals surface area contributed by atoms with E-state index in [0.717, 1.165) is 42.8 Å². The zero-order valence-electron chi connectivity index (χ0n) is 21.4. The first-order chi connectivity index (χ1) is 16.6. The number of aromatic nitrogens is 4. The van der Waals surface area contributed by atoms with Crippen molar-refractivity contribution >= 4 is 6.09 Å². The monoisotopic (exact) mass is 487 g/mol. The molecule has 192 valence electrons. The van der Waals surface area contributed by atoms with E-state index >= 15 is 0 Å². The van der Waals surface area contributed by atoms with Gasteiger partial charge in [0.25, 0.3) is 0 Å². The van der Waals surface area contributed by atoms with E-state index in [9.17, 15) is 9.90 Å². The Labute approximate surface area is 206 Å². The van der Waals surface area contributed by atoms with Crippen LogP contribution >= 0.6 is 0 Å². The van der Waals surface area contributed by atoms with E-state index in [0.29, 0.717) is 31.0 Å². The van der Waals surface area contributed by atoms with Gasteiger partial charge in [0.2, 0.25) is 0 Å². The fourth-order valence-corrected chi connectivity index (χ4v) is 4.66. The average molecular weight is 488 g/mol. The quantitative estimate of drug-likeness (QED) is 0.684. The van der Waals surface area contributed by atoms with Gasteiger partial charge < -0.3 is 24.2 Å². The first-order valence-corrected chi connectivity index (χ1v) is 12.4. The number of carbonyl (C=O) groups is 1. The number of aryl methyl sites for hydroxylation is 2. The van der Waals surface area contributed by atoms with Crippen LogP contribution < -0.4 is 0 Å². The number of likely N-dealkylation sites (tertiary alicyclic amines) is 1. The molecule has 3 atom stereocenters. The standard InChI is InChI=1S/C25H37N5O5/c1-16-19(17-12-18(31)14-30(13-17)24(32)35-25(2,3)4)9-10-20(26-16)23-21(29(5)28-27-23)15-34-22-8-6-7-11-33-22/h9-10,17-18,22,31H,6-8,11-15H2,1-5H3. The second kappa shape index (κ2) is 10.6. The fourth-order valence-electron chi connectivity index (χ4n) is 4.66. The molecule has 0 radical (unpaired) electrons. The van der Waals surface area contributed by atoms with Crippen LogP contribution in [-0.4, -0.2) is 73.8 Å². The van der Waals surface area contributed by atoms with Crippen LogP contribution in [0.3, 0.4) is 0 Å². The summed E-state index contributed by atoms with van der Waals surface area (Å²) in [4.78, 5) is 19.0. The lowest BCUT2D eigenvalue weighted by Crippen LogP contribution is -2.47. The topological polar surface area (TPSA) is 112 Å². The van der Waals surface area contributed by atoms with Crippen LogP contribution in [0.25, 0.3) is 11.4 Å². The van der Waals surface area contributed by atoms with E-state index in [1.807, 2.05) is 46.9 Å². The van der Waals surface area contributed by atoms with E-state index in [2.05, 4.69) is 10.3 Å². The molecule has 2 fully saturated rings. The maximum absolute atomic E-state index is 12.6. The van der Waals surface area contributed by atoms with Gasteiger partial charge in [-0.2, -0.15) is 0 Å². The van der Waals surface area contributed by atoms with Crippen LogP contribution in [-0.2, 0) is 27.9 Å². The van der Waals surface area contributed by atoms with E-state index < -0.39 is 17.8 Å². The van der Waals surface area contributed by atoms with E-state index in [4.69, 9.17) is 19.2 Å². The molecule has 0 aromatic carbocycles. The molecule has 2 aromatic heterocycles. The molecule has 0 bridgehead atoms. The van der Waals surface area contributed by atoms with Gasteiger partial charge in [0, 0.05) is 38.4 Å². The second-order valence-corrected chi connectivity index (χ2v) is 10.5. The molecule has 4 rings (SSSR count). The molecule has 1 amide bonds. The number of hydrogen-bond donors (Lipinski definition) is 1. The third kappa shape index (κ3) is 6.36. The third-order valence-corrected chi connectivity index (χ3v) is 6.38. The molecule has 2 aromatic rings. The number of aliphatic hydroxyl groups is 1. The molecule has 0 saturated carbocycles. The highest BCUT2D eigenvalue weighted by Gasteiger charge is 2.33. The van der Waals surface area contributed by atoms with E-state index in [-0.39, 0.29) is 18.8 Å². The highest BCUT2D eigenvalue weighted by molar-refractivity contribution is 5.68. The minimum atomic E-state index is -0.619. The van der Waals surface area contributed by atoms with Crippen molar-refractivity contribution in [3.63, 3.8) is 0 Å². The molecule has 2 aliphatic rings. The predicted octanol–water partition coefficient (Wildman–Crippen LogP) is 3.31. The smallest absolute Gasteiger partial charge is 0.410 e. The molecule has 1 N–H and O–H groups in total. The van der Waals surface area contributed by atoms with Gasteiger partial charge in [0.1, 0.15) is 11.3 Å². The van der Waals surface area contributed by atoms with Crippen LogP contribution in [0, 0.1) is 6.92 Å². The lowest BCUT2D eigenvalue weighted by atomic mass is 9.88. The third-order valence-electron chi connectivity index (χ3n) is 6.38. The molecular formula is C25H37N5O5. The Morgan fingerprint density at radius 1 is 1.26 bits per heavy atom. The molecule has 35 heavy (non-hydrogen) atoms. The minimum absolute atomic E-state index is 0.0408. The number of ether oxygens (including phenoxy) is 3. The molecule has 10 heteroatoms. The van der Waals surface area contributed by atoms with Gasteiger partial charge in [0.05, 0.1) is 24.1 Å². The van der Waals surface area contributed by atoms with Crippen molar-refractivity contribution in [3.05, 3.63) is 29.1 Å². The van der Waals surface area contributed by atoms with Gasteiger partial charge in [0.15, 0.2) is 6.29 Å². The maximum Gasteiger partial charge on any atom is 0.410 e. The van der Waals surface area contributed by atoms with Crippen molar-refractivity contribution in [2.24, 2.45) is 7.05 Å². The maximum atomic E-state index is 12.6. The Kier molecular flexibility index (Phi) is 7.73. The van der Waals surface area contributed by atoms with Crippen molar-refractivity contribution in [1.82, 2.24) is 24.9 Å². The fraction of sp³-hybridized carbons (Fsp3) is 0.680. The van der Waals surface area contributed by atoms with Gasteiger partial charge >= 0.3 is 6.09 Å². The number of rotatable bonds is 5. The Hall–Kier alpha value is -2.56. The molecule has 2 aliphatic heterocycles. The number of hydrogen-bond acceptors (Lipinski definition) is 8. The van der Waals surface area contributed by atoms with Crippen molar-refractivity contribution in [2.75, 3.05) is 19.7 Å². The number of nitrogens with zero attached hydrogens (tertiary/aromatic N) is 5. The molecule has 4 heterocycles. The lowest BCUT2D eigenvalue weighted by molar-refractivity contribution is -0.169. The summed E-state index contributed by atoms with van der Waals surface area (Å²) >= 11 is 0. The van der Waals surface area contributed by atoms with Crippen LogP contribution in [0.1, 0.15) is 69.3 Å². The van der Waals surface area contributed by atoms with Gasteiger partial charge in [-0.15, -0.1) is 5.10 Å². The van der Waals surface area contributed by atoms with Gasteiger partial charge in [-0.3, -0.25) is 4.98 Å². The first-order valence-electron chi connectivity index (χ1n) is 12.4. The molecular weight excluding hydrogens is 450 g/mol. The number of amides is 1. The van der Waals surface area contributed by atoms with Gasteiger partial charge in [-0.25, -0.2) is 9.48 Å². The van der Waals surface area contributed by atoms with Gasteiger partial charge in [-0.1, -0.05) is 11.3 Å². The predicted molar refractivity (Wildman–Crippen MR) is 129 cm³/mol. The Morgan fingerprint density at radius 2 is 2.06 bits per heavy atom. The number of piperidine rings is 1. The Bertz CT molecular complexity index is 1030. The SMILES string of the molecule is Cc1nc(-c2nnn(C)c2COC2CCCCO2)ccc1C1CC(O)CN(C(=O)OC(C)(C)C)C1. The second-order valence-electron chi connectivity index (χ2n) is 10.5. The molecule has 2 saturated heterocycles. The minimum Gasteiger partial charge on any atom is -0.444 e. The molecule has 3 unspecified atom stereocenters. The van der Waals surface area contributed by atoms with Crippen molar-refractivity contribution in [3.8, 4) is 11.4 Å². The van der Waals surface area contributed by atoms with Crippen molar-refractivity contribution in [1.29, 1.82) is 0 Å². The van der Waals surface area contributed by atoms with Crippen LogP contribution in [0.4, 0.5) is 4.79 Å². The van der Waals surface area contributed by atoms with Gasteiger partial charge in [-0.05, 0) is 65.0 Å². The van der Waals surface area contributed by atoms with Crippen LogP contribution in [0.15, 0.2) is 12.1 Å². The number of aliphatic hydroxyl groups excluding tert-OH is 1. The van der Waals surface area contributed by atoms with Crippen molar-refractivity contribution < 1.29 is 24.1 Å². The zero-order valence-corrected chi connectivity index (χ0v) is 21.4. The summed E-state index contributed by atoms with van der Waals surface area (Å²) in [6.07, 6.45) is 2.40. The zero-order chi connectivity index (χ0) is 25.2. The summed E-state index contributed by atoms with van der Waals surface area (Å²) in [6.45, 7) is 9.26. The van der Waals surface area contributed by atoms with Crippen LogP contribution in [0.5, 0.6) is 0 Å².